The molecule has 422 valence electrons. The zero-order valence-corrected chi connectivity index (χ0v) is 47.0. The van der Waals surface area contributed by atoms with Crippen LogP contribution in [0.3, 0.4) is 0 Å². The first-order valence-electron chi connectivity index (χ1n) is 31.4. The second kappa shape index (κ2) is 52.4. The topological polar surface area (TPSA) is 149 Å². The van der Waals surface area contributed by atoms with Gasteiger partial charge in [-0.15, -0.1) is 0 Å². The number of aliphatic hydroxyl groups excluding tert-OH is 5. The number of hydrogen-bond donors (Lipinski definition) is 6. The zero-order chi connectivity index (χ0) is 51.5. The molecule has 6 N–H and O–H groups in total. The summed E-state index contributed by atoms with van der Waals surface area (Å²) in [5.74, 6) is -0.170. The third-order valence-corrected chi connectivity index (χ3v) is 15.4. The monoisotopic (exact) mass is 1010 g/mol. The summed E-state index contributed by atoms with van der Waals surface area (Å²) >= 11 is 0. The van der Waals surface area contributed by atoms with Gasteiger partial charge in [0.1, 0.15) is 24.4 Å². The molecule has 7 atom stereocenters. The van der Waals surface area contributed by atoms with Crippen LogP contribution in [0.2, 0.25) is 0 Å². The van der Waals surface area contributed by atoms with Gasteiger partial charge in [-0.3, -0.25) is 4.79 Å². The summed E-state index contributed by atoms with van der Waals surface area (Å²) in [4.78, 5) is 13.0. The number of ether oxygens (including phenoxy) is 2. The SMILES string of the molecule is CCCCCCCCCCCCC/C=C/[C@@H](O)[C@H](CO[C@@H]1O[C@H](CO)[C@H](O)C(O)C1O)NC(=O)CCCCCCCCCCCCCCCCCCCCCCCCCCCCCCCCCCCCC. The number of aliphatic hydroxyl groups is 5. The van der Waals surface area contributed by atoms with Crippen LogP contribution in [0.4, 0.5) is 0 Å². The maximum atomic E-state index is 13.0. The Morgan fingerprint density at radius 1 is 0.465 bits per heavy atom. The molecule has 0 aromatic rings. The van der Waals surface area contributed by atoms with Crippen LogP contribution in [-0.2, 0) is 14.3 Å². The fraction of sp³-hybridized carbons (Fsp3) is 0.952. The van der Waals surface area contributed by atoms with Crippen molar-refractivity contribution in [3.63, 3.8) is 0 Å². The minimum atomic E-state index is -1.56. The summed E-state index contributed by atoms with van der Waals surface area (Å²) in [5, 5.41) is 54.4. The molecule has 0 saturated carbocycles. The minimum absolute atomic E-state index is 0.170. The smallest absolute Gasteiger partial charge is 0.220 e. The van der Waals surface area contributed by atoms with Crippen LogP contribution in [0.1, 0.15) is 322 Å². The molecule has 0 aromatic heterocycles. The van der Waals surface area contributed by atoms with Gasteiger partial charge in [0.15, 0.2) is 6.29 Å². The quantitative estimate of drug-likeness (QED) is 0.0261. The number of allylic oxidation sites excluding steroid dienone is 1. The lowest BCUT2D eigenvalue weighted by Crippen LogP contribution is -2.60. The highest BCUT2D eigenvalue weighted by Gasteiger charge is 2.44. The van der Waals surface area contributed by atoms with E-state index in [-0.39, 0.29) is 12.5 Å². The number of carbonyl (C=O) groups excluding carboxylic acids is 1. The van der Waals surface area contributed by atoms with Crippen LogP contribution >= 0.6 is 0 Å². The second-order valence-corrected chi connectivity index (χ2v) is 22.2. The number of unbranched alkanes of at least 4 members (excludes halogenated alkanes) is 45. The van der Waals surface area contributed by atoms with Crippen LogP contribution < -0.4 is 5.32 Å². The Bertz CT molecular complexity index is 1120. The van der Waals surface area contributed by atoms with Gasteiger partial charge in [-0.05, 0) is 19.3 Å². The van der Waals surface area contributed by atoms with Crippen LogP contribution in [0.5, 0.6) is 0 Å². The lowest BCUT2D eigenvalue weighted by atomic mass is 9.99. The fourth-order valence-electron chi connectivity index (χ4n) is 10.4. The van der Waals surface area contributed by atoms with Crippen LogP contribution in [0, 0.1) is 0 Å². The average molecular weight is 1010 g/mol. The highest BCUT2D eigenvalue weighted by Crippen LogP contribution is 2.23. The van der Waals surface area contributed by atoms with E-state index in [4.69, 9.17) is 9.47 Å². The van der Waals surface area contributed by atoms with Gasteiger partial charge in [0.2, 0.25) is 5.91 Å². The predicted molar refractivity (Wildman–Crippen MR) is 300 cm³/mol. The molecule has 1 heterocycles. The van der Waals surface area contributed by atoms with Crippen molar-refractivity contribution >= 4 is 5.91 Å². The van der Waals surface area contributed by atoms with Gasteiger partial charge in [0, 0.05) is 6.42 Å². The van der Waals surface area contributed by atoms with Crippen molar-refractivity contribution in [3.05, 3.63) is 12.2 Å². The number of carbonyl (C=O) groups is 1. The van der Waals surface area contributed by atoms with Crippen LogP contribution in [0.15, 0.2) is 12.2 Å². The summed E-state index contributed by atoms with van der Waals surface area (Å²) in [6.07, 6.45) is 58.9. The number of amides is 1. The molecule has 1 rings (SSSR count). The maximum absolute atomic E-state index is 13.0. The molecule has 0 bridgehead atoms. The first kappa shape index (κ1) is 67.9. The second-order valence-electron chi connectivity index (χ2n) is 22.2. The molecule has 1 amide bonds. The van der Waals surface area contributed by atoms with Crippen molar-refractivity contribution < 1.29 is 39.8 Å². The predicted octanol–water partition coefficient (Wildman–Crippen LogP) is 16.0. The zero-order valence-electron chi connectivity index (χ0n) is 47.0. The number of nitrogens with one attached hydrogen (secondary N) is 1. The van der Waals surface area contributed by atoms with Gasteiger partial charge in [0.05, 0.1) is 25.4 Å². The Hall–Kier alpha value is -1.07. The van der Waals surface area contributed by atoms with Gasteiger partial charge >= 0.3 is 0 Å². The highest BCUT2D eigenvalue weighted by molar-refractivity contribution is 5.76. The van der Waals surface area contributed by atoms with Gasteiger partial charge in [-0.1, -0.05) is 309 Å². The normalized spacial score (nSPS) is 19.2. The molecule has 0 aromatic carbocycles. The maximum Gasteiger partial charge on any atom is 0.220 e. The van der Waals surface area contributed by atoms with Crippen molar-refractivity contribution in [1.82, 2.24) is 5.32 Å². The summed E-state index contributed by atoms with van der Waals surface area (Å²) in [5.41, 5.74) is 0. The third kappa shape index (κ3) is 41.8. The molecular formula is C62H121NO8. The minimum Gasteiger partial charge on any atom is -0.394 e. The highest BCUT2D eigenvalue weighted by atomic mass is 16.7. The molecule has 1 aliphatic rings. The number of hydrogen-bond acceptors (Lipinski definition) is 8. The molecule has 0 spiro atoms. The van der Waals surface area contributed by atoms with E-state index >= 15 is 0 Å². The molecule has 9 heteroatoms. The molecule has 1 aliphatic heterocycles. The molecule has 0 aliphatic carbocycles. The van der Waals surface area contributed by atoms with Crippen molar-refractivity contribution in [1.29, 1.82) is 0 Å². The Labute approximate surface area is 439 Å². The Kier molecular flexibility index (Phi) is 50.1. The largest absolute Gasteiger partial charge is 0.394 e. The first-order chi connectivity index (χ1) is 34.8. The van der Waals surface area contributed by atoms with Crippen molar-refractivity contribution in [2.75, 3.05) is 13.2 Å². The van der Waals surface area contributed by atoms with E-state index in [9.17, 15) is 30.3 Å². The van der Waals surface area contributed by atoms with Crippen molar-refractivity contribution in [2.45, 2.75) is 365 Å². The Balaban J connectivity index is 2.05. The van der Waals surface area contributed by atoms with Crippen molar-refractivity contribution in [3.8, 4) is 0 Å². The van der Waals surface area contributed by atoms with Gasteiger partial charge in [-0.25, -0.2) is 0 Å². The van der Waals surface area contributed by atoms with E-state index in [1.54, 1.807) is 6.08 Å². The Morgan fingerprint density at radius 3 is 1.10 bits per heavy atom. The van der Waals surface area contributed by atoms with Crippen LogP contribution in [0.25, 0.3) is 0 Å². The van der Waals surface area contributed by atoms with E-state index in [1.807, 2.05) is 6.08 Å². The summed E-state index contributed by atoms with van der Waals surface area (Å²) in [6.45, 7) is 3.81. The van der Waals surface area contributed by atoms with E-state index in [0.29, 0.717) is 6.42 Å². The number of rotatable bonds is 55. The molecule has 1 saturated heterocycles. The van der Waals surface area contributed by atoms with E-state index < -0.39 is 49.5 Å². The fourth-order valence-corrected chi connectivity index (χ4v) is 10.4. The average Bonchev–Trinajstić information content (AvgIpc) is 3.37. The van der Waals surface area contributed by atoms with Gasteiger partial charge in [-0.2, -0.15) is 0 Å². The van der Waals surface area contributed by atoms with E-state index in [1.165, 1.54) is 263 Å². The van der Waals surface area contributed by atoms with Crippen LogP contribution in [-0.4, -0.2) is 87.5 Å². The van der Waals surface area contributed by atoms with Gasteiger partial charge in [0.25, 0.3) is 0 Å². The lowest BCUT2D eigenvalue weighted by molar-refractivity contribution is -0.302. The summed E-state index contributed by atoms with van der Waals surface area (Å²) < 4.78 is 11.3. The molecule has 71 heavy (non-hydrogen) atoms. The standard InChI is InChI=1S/C62H121NO8/c1-3-5-7-9-11-13-15-17-18-19-20-21-22-23-24-25-26-27-28-29-30-31-32-33-34-35-36-37-38-40-42-44-46-48-50-52-58(66)63-55(54-70-62-61(69)60(68)59(67)57(53-64)71-62)56(65)51-49-47-45-43-41-39-16-14-12-10-8-6-4-2/h49,51,55-57,59-62,64-65,67-69H,3-48,50,52-54H2,1-2H3,(H,63,66)/b51-49+/t55-,56+,57+,59-,60?,61?,62+/m0/s1. The molecule has 0 radical (unpaired) electrons. The summed E-state index contributed by atoms with van der Waals surface area (Å²) in [6, 6.07) is -0.800. The third-order valence-electron chi connectivity index (χ3n) is 15.4. The lowest BCUT2D eigenvalue weighted by Gasteiger charge is -2.40. The van der Waals surface area contributed by atoms with Gasteiger partial charge < -0.3 is 40.3 Å². The van der Waals surface area contributed by atoms with Crippen molar-refractivity contribution in [2.24, 2.45) is 0 Å². The first-order valence-corrected chi connectivity index (χ1v) is 31.4. The molecule has 9 nitrogen and oxygen atoms in total. The molecule has 1 fully saturated rings. The molecular weight excluding hydrogens is 887 g/mol. The summed E-state index contributed by atoms with van der Waals surface area (Å²) in [7, 11) is 0. The van der Waals surface area contributed by atoms with E-state index in [0.717, 1.165) is 38.5 Å². The van der Waals surface area contributed by atoms with E-state index in [2.05, 4.69) is 19.2 Å². The Morgan fingerprint density at radius 2 is 0.775 bits per heavy atom. The molecule has 2 unspecified atom stereocenters.